The van der Waals surface area contributed by atoms with E-state index in [1.165, 1.54) is 0 Å². The lowest BCUT2D eigenvalue weighted by atomic mass is 9.71. The number of nitriles is 2. The monoisotopic (exact) mass is 258 g/mol. The van der Waals surface area contributed by atoms with Gasteiger partial charge in [-0.15, -0.1) is 0 Å². The van der Waals surface area contributed by atoms with Crippen molar-refractivity contribution < 1.29 is 4.79 Å². The predicted molar refractivity (Wildman–Crippen MR) is 69.5 cm³/mol. The zero-order chi connectivity index (χ0) is 13.9. The van der Waals surface area contributed by atoms with E-state index in [0.717, 1.165) is 13.0 Å². The minimum Gasteiger partial charge on any atom is -0.354 e. The molecule has 1 aliphatic carbocycles. The van der Waals surface area contributed by atoms with E-state index in [9.17, 15) is 4.79 Å². The highest BCUT2D eigenvalue weighted by molar-refractivity contribution is 5.89. The maximum Gasteiger partial charge on any atom is 0.244 e. The highest BCUT2D eigenvalue weighted by atomic mass is 16.2. The summed E-state index contributed by atoms with van der Waals surface area (Å²) >= 11 is 0. The molecule has 0 bridgehead atoms. The van der Waals surface area contributed by atoms with Crippen LogP contribution < -0.4 is 10.6 Å². The van der Waals surface area contributed by atoms with Crippen LogP contribution >= 0.6 is 0 Å². The summed E-state index contributed by atoms with van der Waals surface area (Å²) < 4.78 is 0. The van der Waals surface area contributed by atoms with E-state index in [1.54, 1.807) is 0 Å². The van der Waals surface area contributed by atoms with Crippen molar-refractivity contribution >= 4 is 5.91 Å². The van der Waals surface area contributed by atoms with Gasteiger partial charge in [0.15, 0.2) is 0 Å². The Morgan fingerprint density at radius 1 is 1.58 bits per heavy atom. The molecule has 0 spiro atoms. The van der Waals surface area contributed by atoms with Gasteiger partial charge in [0.2, 0.25) is 5.91 Å². The molecule has 2 aliphatic rings. The van der Waals surface area contributed by atoms with Gasteiger partial charge in [0, 0.05) is 12.5 Å². The summed E-state index contributed by atoms with van der Waals surface area (Å²) in [6.45, 7) is 3.29. The number of rotatable bonds is 3. The molecular weight excluding hydrogens is 240 g/mol. The molecule has 5 nitrogen and oxygen atoms in total. The molecule has 0 saturated carbocycles. The number of hydrogen-bond donors (Lipinski definition) is 2. The Morgan fingerprint density at radius 3 is 2.95 bits per heavy atom. The van der Waals surface area contributed by atoms with Crippen LogP contribution in [0.5, 0.6) is 0 Å². The normalized spacial score (nSPS) is 32.4. The predicted octanol–water partition coefficient (Wildman–Crippen LogP) is 0.710. The van der Waals surface area contributed by atoms with Crippen molar-refractivity contribution in [1.82, 2.24) is 10.6 Å². The Morgan fingerprint density at radius 2 is 2.32 bits per heavy atom. The van der Waals surface area contributed by atoms with E-state index in [1.807, 2.05) is 31.2 Å². The molecule has 0 aromatic carbocycles. The standard InChI is InChI=1S/C14H18N4O/c1-2-17-13(19)14-5-3-10(11(8-15)9-16)7-12(14)4-6-18-14/h3,5,10-12,18H,2,4,6-7H2,1H3,(H,17,19)/t10-,12+,14-/m0/s1. The van der Waals surface area contributed by atoms with Gasteiger partial charge in [-0.25, -0.2) is 0 Å². The highest BCUT2D eigenvalue weighted by Crippen LogP contribution is 2.40. The first-order valence-corrected chi connectivity index (χ1v) is 6.69. The third kappa shape index (κ3) is 2.22. The lowest BCUT2D eigenvalue weighted by Gasteiger charge is -2.37. The number of allylic oxidation sites excluding steroid dienone is 1. The first-order valence-electron chi connectivity index (χ1n) is 6.69. The summed E-state index contributed by atoms with van der Waals surface area (Å²) in [4.78, 5) is 12.3. The molecule has 0 radical (unpaired) electrons. The van der Waals surface area contributed by atoms with Gasteiger partial charge in [0.05, 0.1) is 12.1 Å². The Labute approximate surface area is 113 Å². The molecule has 2 N–H and O–H groups in total. The first-order chi connectivity index (χ1) is 9.17. The Kier molecular flexibility index (Phi) is 3.87. The van der Waals surface area contributed by atoms with Crippen molar-refractivity contribution in [2.45, 2.75) is 25.3 Å². The van der Waals surface area contributed by atoms with Crippen LogP contribution in [-0.2, 0) is 4.79 Å². The van der Waals surface area contributed by atoms with Crippen molar-refractivity contribution in [3.8, 4) is 12.1 Å². The lowest BCUT2D eigenvalue weighted by Crippen LogP contribution is -2.57. The summed E-state index contributed by atoms with van der Waals surface area (Å²) in [6.07, 6.45) is 5.35. The van der Waals surface area contributed by atoms with Gasteiger partial charge in [0.25, 0.3) is 0 Å². The van der Waals surface area contributed by atoms with Crippen LogP contribution in [-0.4, -0.2) is 24.5 Å². The average molecular weight is 258 g/mol. The van der Waals surface area contributed by atoms with Gasteiger partial charge < -0.3 is 5.32 Å². The van der Waals surface area contributed by atoms with Crippen molar-refractivity contribution in [2.24, 2.45) is 17.8 Å². The SMILES string of the molecule is CCNC(=O)[C@]12C=C[C@H](C(C#N)C#N)C[C@H]1CCN2. The fourth-order valence-corrected chi connectivity index (χ4v) is 3.12. The fourth-order valence-electron chi connectivity index (χ4n) is 3.12. The van der Waals surface area contributed by atoms with E-state index < -0.39 is 11.5 Å². The third-order valence-electron chi connectivity index (χ3n) is 4.14. The van der Waals surface area contributed by atoms with Crippen molar-refractivity contribution in [2.75, 3.05) is 13.1 Å². The molecule has 1 amide bonds. The Bertz CT molecular complexity index is 459. The molecule has 0 aromatic heterocycles. The second kappa shape index (κ2) is 5.42. The topological polar surface area (TPSA) is 88.7 Å². The summed E-state index contributed by atoms with van der Waals surface area (Å²) in [5.74, 6) is -0.526. The molecule has 1 saturated heterocycles. The first kappa shape index (κ1) is 13.6. The summed E-state index contributed by atoms with van der Waals surface area (Å²) in [7, 11) is 0. The van der Waals surface area contributed by atoms with Gasteiger partial charge in [-0.3, -0.25) is 10.1 Å². The van der Waals surface area contributed by atoms with Crippen LogP contribution in [0.15, 0.2) is 12.2 Å². The molecule has 1 aliphatic heterocycles. The second-order valence-corrected chi connectivity index (χ2v) is 5.14. The molecular formula is C14H18N4O. The molecule has 19 heavy (non-hydrogen) atoms. The van der Waals surface area contributed by atoms with E-state index in [-0.39, 0.29) is 17.7 Å². The van der Waals surface area contributed by atoms with Crippen LogP contribution in [0.2, 0.25) is 0 Å². The second-order valence-electron chi connectivity index (χ2n) is 5.14. The Balaban J connectivity index is 2.24. The van der Waals surface area contributed by atoms with E-state index >= 15 is 0 Å². The summed E-state index contributed by atoms with van der Waals surface area (Å²) in [5, 5.41) is 24.1. The zero-order valence-corrected chi connectivity index (χ0v) is 11.0. The molecule has 0 aromatic rings. The molecule has 0 unspecified atom stereocenters. The molecule has 1 fully saturated rings. The van der Waals surface area contributed by atoms with Gasteiger partial charge in [0.1, 0.15) is 11.5 Å². The van der Waals surface area contributed by atoms with Crippen molar-refractivity contribution in [1.29, 1.82) is 10.5 Å². The minimum absolute atomic E-state index is 0.00216. The smallest absolute Gasteiger partial charge is 0.244 e. The number of likely N-dealkylation sites (N-methyl/N-ethyl adjacent to an activating group) is 1. The number of nitrogens with one attached hydrogen (secondary N) is 2. The van der Waals surface area contributed by atoms with Crippen molar-refractivity contribution in [3.05, 3.63) is 12.2 Å². The third-order valence-corrected chi connectivity index (χ3v) is 4.14. The largest absolute Gasteiger partial charge is 0.354 e. The van der Waals surface area contributed by atoms with Gasteiger partial charge >= 0.3 is 0 Å². The van der Waals surface area contributed by atoms with Gasteiger partial charge in [-0.05, 0) is 32.2 Å². The fraction of sp³-hybridized carbons (Fsp3) is 0.643. The molecule has 100 valence electrons. The number of fused-ring (bicyclic) bond motifs is 1. The van der Waals surface area contributed by atoms with Crippen LogP contribution in [0.25, 0.3) is 0 Å². The number of carbonyl (C=O) groups excluding carboxylic acids is 1. The highest BCUT2D eigenvalue weighted by Gasteiger charge is 2.49. The number of amides is 1. The quantitative estimate of drug-likeness (QED) is 0.730. The molecule has 3 atom stereocenters. The van der Waals surface area contributed by atoms with E-state index in [2.05, 4.69) is 10.6 Å². The van der Waals surface area contributed by atoms with Crippen LogP contribution in [0.1, 0.15) is 19.8 Å². The van der Waals surface area contributed by atoms with E-state index in [4.69, 9.17) is 10.5 Å². The average Bonchev–Trinajstić information content (AvgIpc) is 2.85. The van der Waals surface area contributed by atoms with E-state index in [0.29, 0.717) is 13.0 Å². The van der Waals surface area contributed by atoms with Gasteiger partial charge in [-0.1, -0.05) is 12.2 Å². The minimum atomic E-state index is -0.637. The van der Waals surface area contributed by atoms with Crippen LogP contribution in [0.3, 0.4) is 0 Å². The number of hydrogen-bond acceptors (Lipinski definition) is 4. The molecule has 5 heteroatoms. The van der Waals surface area contributed by atoms with Gasteiger partial charge in [-0.2, -0.15) is 10.5 Å². The Hall–Kier alpha value is -1.85. The van der Waals surface area contributed by atoms with Crippen molar-refractivity contribution in [3.63, 3.8) is 0 Å². The number of nitrogens with zero attached hydrogens (tertiary/aromatic N) is 2. The summed E-state index contributed by atoms with van der Waals surface area (Å²) in [6, 6.07) is 4.07. The zero-order valence-electron chi connectivity index (χ0n) is 11.0. The molecule has 2 rings (SSSR count). The maximum atomic E-state index is 12.3. The van der Waals surface area contributed by atoms with Crippen LogP contribution in [0.4, 0.5) is 0 Å². The summed E-state index contributed by atoms with van der Waals surface area (Å²) in [5.41, 5.74) is -0.637. The lowest BCUT2D eigenvalue weighted by molar-refractivity contribution is -0.127. The molecule has 1 heterocycles. The maximum absolute atomic E-state index is 12.3. The van der Waals surface area contributed by atoms with Crippen LogP contribution in [0, 0.1) is 40.4 Å². The number of carbonyl (C=O) groups is 1.